The molecule has 0 heterocycles. The summed E-state index contributed by atoms with van der Waals surface area (Å²) in [7, 11) is 3.23. The van der Waals surface area contributed by atoms with Gasteiger partial charge < -0.3 is 35.1 Å². The summed E-state index contributed by atoms with van der Waals surface area (Å²) in [5, 5.41) is 27.2. The van der Waals surface area contributed by atoms with Gasteiger partial charge in [0, 0.05) is 43.8 Å². The molecule has 0 atom stereocenters. The van der Waals surface area contributed by atoms with E-state index in [2.05, 4.69) is 29.0 Å². The summed E-state index contributed by atoms with van der Waals surface area (Å²) in [4.78, 5) is 0. The van der Waals surface area contributed by atoms with Crippen molar-refractivity contribution in [1.29, 1.82) is 5.26 Å². The van der Waals surface area contributed by atoms with Gasteiger partial charge in [-0.3, -0.25) is 0 Å². The van der Waals surface area contributed by atoms with Crippen LogP contribution < -0.4 is 21.1 Å². The van der Waals surface area contributed by atoms with Gasteiger partial charge >= 0.3 is 0 Å². The van der Waals surface area contributed by atoms with Crippen LogP contribution in [0.5, 0.6) is 11.5 Å². The van der Waals surface area contributed by atoms with E-state index in [1.165, 1.54) is 0 Å². The molecule has 2 aromatic rings. The summed E-state index contributed by atoms with van der Waals surface area (Å²) in [6.07, 6.45) is 13.4. The zero-order valence-electron chi connectivity index (χ0n) is 24.1. The number of hydrogen-bond donors (Lipinski definition) is 4. The van der Waals surface area contributed by atoms with E-state index in [9.17, 15) is 0 Å². The predicted molar refractivity (Wildman–Crippen MR) is 161 cm³/mol. The number of hydrogen-bond acceptors (Lipinski definition) is 9. The topological polar surface area (TPSA) is 166 Å². The van der Waals surface area contributed by atoms with Crippen molar-refractivity contribution in [2.24, 2.45) is 16.8 Å². The first-order chi connectivity index (χ1) is 19.4. The normalized spacial score (nSPS) is 9.78. The van der Waals surface area contributed by atoms with E-state index in [1.807, 2.05) is 26.0 Å². The third kappa shape index (κ3) is 14.3. The standard InChI is InChI=1S/C15H20N2O3.C15H17NO2.ClH.H3NO/c1-4-5-6-7-20-14-11(2)8-12(15(16)17-18)9-13(14)10-19-3;1-4-5-6-7-18-15-12(2)8-13(10-16)9-14(15)11-17-3;;1-2/h1,8-9,18H,5-7,10H2,2-3H3,(H2,16,17);1,8-9H,5-7,11H2,2-3H3;1H;2H,1H2. The van der Waals surface area contributed by atoms with Crippen LogP contribution in [0.2, 0.25) is 0 Å². The van der Waals surface area contributed by atoms with E-state index in [-0.39, 0.29) is 18.2 Å². The van der Waals surface area contributed by atoms with E-state index in [1.54, 1.807) is 26.4 Å². The number of oxime groups is 1. The van der Waals surface area contributed by atoms with Crippen LogP contribution in [0.1, 0.15) is 59.1 Å². The summed E-state index contributed by atoms with van der Waals surface area (Å²) in [5.74, 6) is 10.3. The van der Waals surface area contributed by atoms with Crippen LogP contribution in [0, 0.1) is 49.9 Å². The summed E-state index contributed by atoms with van der Waals surface area (Å²) < 4.78 is 21.8. The maximum Gasteiger partial charge on any atom is 0.170 e. The fourth-order valence-corrected chi connectivity index (χ4v) is 3.60. The number of ether oxygens (including phenoxy) is 4. The lowest BCUT2D eigenvalue weighted by atomic mass is 10.0. The molecular weight excluding hydrogens is 548 g/mol. The van der Waals surface area contributed by atoms with Crippen molar-refractivity contribution >= 4 is 18.2 Å². The summed E-state index contributed by atoms with van der Waals surface area (Å²) in [5.41, 5.74) is 10.5. The summed E-state index contributed by atoms with van der Waals surface area (Å²) in [6, 6.07) is 9.35. The van der Waals surface area contributed by atoms with Gasteiger partial charge in [0.25, 0.3) is 0 Å². The van der Waals surface area contributed by atoms with Gasteiger partial charge in [0.15, 0.2) is 5.84 Å². The molecule has 0 saturated carbocycles. The minimum Gasteiger partial charge on any atom is -0.493 e. The molecule has 0 aromatic heterocycles. The maximum atomic E-state index is 8.94. The Labute approximate surface area is 249 Å². The zero-order valence-corrected chi connectivity index (χ0v) is 24.9. The molecule has 0 aliphatic carbocycles. The molecule has 0 radical (unpaired) electrons. The molecule has 0 fully saturated rings. The minimum absolute atomic E-state index is 0. The number of amidine groups is 1. The molecule has 11 heteroatoms. The van der Waals surface area contributed by atoms with Gasteiger partial charge in [-0.2, -0.15) is 5.26 Å². The quantitative estimate of drug-likeness (QED) is 0.0653. The highest BCUT2D eigenvalue weighted by Crippen LogP contribution is 2.27. The number of nitrogens with zero attached hydrogens (tertiary/aromatic N) is 2. The van der Waals surface area contributed by atoms with E-state index < -0.39 is 0 Å². The molecule has 2 aromatic carbocycles. The highest BCUT2D eigenvalue weighted by molar-refractivity contribution is 5.97. The number of nitriles is 1. The number of unbranched alkanes of at least 4 members (excludes halogenated alkanes) is 2. The molecule has 2 rings (SSSR count). The third-order valence-corrected chi connectivity index (χ3v) is 5.26. The Morgan fingerprint density at radius 1 is 0.878 bits per heavy atom. The van der Waals surface area contributed by atoms with E-state index in [0.29, 0.717) is 50.4 Å². The fraction of sp³-hybridized carbons (Fsp3) is 0.400. The van der Waals surface area contributed by atoms with Crippen molar-refractivity contribution in [3.05, 3.63) is 57.6 Å². The highest BCUT2D eigenvalue weighted by atomic mass is 35.5. The van der Waals surface area contributed by atoms with Gasteiger partial charge in [-0.25, -0.2) is 5.90 Å². The Morgan fingerprint density at radius 2 is 1.34 bits per heavy atom. The largest absolute Gasteiger partial charge is 0.493 e. The number of halogens is 1. The second-order valence-electron chi connectivity index (χ2n) is 8.34. The van der Waals surface area contributed by atoms with Crippen LogP contribution in [-0.2, 0) is 22.7 Å². The fourth-order valence-electron chi connectivity index (χ4n) is 3.60. The number of terminal acetylenes is 2. The number of benzene rings is 2. The molecule has 10 nitrogen and oxygen atoms in total. The van der Waals surface area contributed by atoms with Crippen molar-refractivity contribution in [2.45, 2.75) is 52.7 Å². The second-order valence-corrected chi connectivity index (χ2v) is 8.34. The molecule has 41 heavy (non-hydrogen) atoms. The monoisotopic (exact) mass is 588 g/mol. The lowest BCUT2D eigenvalue weighted by molar-refractivity contribution is 0.179. The van der Waals surface area contributed by atoms with Gasteiger partial charge in [0.1, 0.15) is 11.5 Å². The van der Waals surface area contributed by atoms with Crippen molar-refractivity contribution < 1.29 is 29.4 Å². The van der Waals surface area contributed by atoms with Crippen LogP contribution in [0.25, 0.3) is 0 Å². The number of methoxy groups -OCH3 is 2. The molecular formula is C30H41ClN4O6. The molecule has 0 saturated heterocycles. The van der Waals surface area contributed by atoms with Crippen LogP contribution in [-0.4, -0.2) is 43.7 Å². The highest BCUT2D eigenvalue weighted by Gasteiger charge is 2.12. The maximum absolute atomic E-state index is 8.94. The molecule has 0 bridgehead atoms. The first kappa shape index (κ1) is 39.2. The molecule has 0 amide bonds. The van der Waals surface area contributed by atoms with Crippen LogP contribution in [0.3, 0.4) is 0 Å². The van der Waals surface area contributed by atoms with Gasteiger partial charge in [-0.15, -0.1) is 37.1 Å². The molecule has 6 N–H and O–H groups in total. The Kier molecular flexibility index (Phi) is 22.8. The number of nitrogens with two attached hydrogens (primary N) is 2. The second kappa shape index (κ2) is 23.9. The number of aryl methyl sites for hydroxylation is 2. The average Bonchev–Trinajstić information content (AvgIpc) is 2.96. The average molecular weight is 589 g/mol. The van der Waals surface area contributed by atoms with Crippen molar-refractivity contribution in [3.8, 4) is 42.3 Å². The Hall–Kier alpha value is -3.95. The zero-order chi connectivity index (χ0) is 30.3. The lowest BCUT2D eigenvalue weighted by Crippen LogP contribution is -2.14. The summed E-state index contributed by atoms with van der Waals surface area (Å²) in [6.45, 7) is 5.78. The van der Waals surface area contributed by atoms with Crippen molar-refractivity contribution in [3.63, 3.8) is 0 Å². The van der Waals surface area contributed by atoms with E-state index in [0.717, 1.165) is 46.6 Å². The van der Waals surface area contributed by atoms with Crippen molar-refractivity contribution in [1.82, 2.24) is 0 Å². The van der Waals surface area contributed by atoms with Crippen molar-refractivity contribution in [2.75, 3.05) is 27.4 Å². The molecule has 224 valence electrons. The number of rotatable bonds is 13. The van der Waals surface area contributed by atoms with Gasteiger partial charge in [0.2, 0.25) is 0 Å². The van der Waals surface area contributed by atoms with Gasteiger partial charge in [-0.1, -0.05) is 5.16 Å². The molecule has 0 aliphatic heterocycles. The minimum atomic E-state index is 0. The van der Waals surface area contributed by atoms with Crippen LogP contribution in [0.4, 0.5) is 0 Å². The van der Waals surface area contributed by atoms with E-state index in [4.69, 9.17) is 53.2 Å². The summed E-state index contributed by atoms with van der Waals surface area (Å²) >= 11 is 0. The first-order valence-electron chi connectivity index (χ1n) is 12.4. The Bertz CT molecular complexity index is 1200. The van der Waals surface area contributed by atoms with E-state index >= 15 is 0 Å². The SMILES string of the molecule is C#CCCCOc1c(C)cc(/C(N)=N/O)cc1COC.C#CCCCOc1c(C)cc(C#N)cc1COC.Cl.NO. The first-order valence-corrected chi connectivity index (χ1v) is 12.4. The van der Waals surface area contributed by atoms with Gasteiger partial charge in [-0.05, 0) is 62.1 Å². The third-order valence-electron chi connectivity index (χ3n) is 5.26. The van der Waals surface area contributed by atoms with Crippen LogP contribution in [0.15, 0.2) is 29.4 Å². The lowest BCUT2D eigenvalue weighted by Gasteiger charge is -2.15. The molecule has 0 spiro atoms. The smallest absolute Gasteiger partial charge is 0.170 e. The molecule has 0 aliphatic rings. The molecule has 0 unspecified atom stereocenters. The predicted octanol–water partition coefficient (Wildman–Crippen LogP) is 4.59. The Morgan fingerprint density at radius 3 is 1.76 bits per heavy atom. The Balaban J connectivity index is 0. The van der Waals surface area contributed by atoms with Gasteiger partial charge in [0.05, 0.1) is 38.1 Å². The van der Waals surface area contributed by atoms with Crippen LogP contribution >= 0.6 is 12.4 Å².